The van der Waals surface area contributed by atoms with E-state index < -0.39 is 0 Å². The fourth-order valence-electron chi connectivity index (χ4n) is 2.08. The second kappa shape index (κ2) is 5.22. The summed E-state index contributed by atoms with van der Waals surface area (Å²) in [6, 6.07) is 9.21. The minimum atomic E-state index is -0.151. The first kappa shape index (κ1) is 13.1. The van der Waals surface area contributed by atoms with Crippen molar-refractivity contribution in [2.24, 2.45) is 5.73 Å². The summed E-state index contributed by atoms with van der Waals surface area (Å²) < 4.78 is 6.30. The predicted octanol–water partition coefficient (Wildman–Crippen LogP) is 2.36. The average Bonchev–Trinajstić information content (AvgIpc) is 2.48. The molecule has 0 aliphatic carbocycles. The molecular weight excluding hydrogens is 322 g/mol. The number of fused-ring (bicyclic) bond motifs is 1. The number of benzene rings is 1. The Hall–Kier alpha value is -1.92. The standard InChI is InChI=1S/C14H12BrN3O2/c15-10-2-4-13(17-7-10)18-11-5-9(6-16)1-3-12(11)20-8-14(18)19/h1-5,7H,6,8,16H2. The van der Waals surface area contributed by atoms with Crippen molar-refractivity contribution < 1.29 is 9.53 Å². The Morgan fingerprint density at radius 1 is 1.35 bits per heavy atom. The van der Waals surface area contributed by atoms with Gasteiger partial charge in [0.25, 0.3) is 5.91 Å². The summed E-state index contributed by atoms with van der Waals surface area (Å²) in [5.74, 6) is 1.07. The molecule has 6 heteroatoms. The SMILES string of the molecule is NCc1ccc2c(c1)N(c1ccc(Br)cn1)C(=O)CO2. The fraction of sp³-hybridized carbons (Fsp3) is 0.143. The molecule has 2 N–H and O–H groups in total. The van der Waals surface area contributed by atoms with Crippen LogP contribution in [0.25, 0.3) is 0 Å². The van der Waals surface area contributed by atoms with Gasteiger partial charge in [-0.05, 0) is 45.8 Å². The van der Waals surface area contributed by atoms with E-state index in [1.54, 1.807) is 17.2 Å². The minimum Gasteiger partial charge on any atom is -0.482 e. The summed E-state index contributed by atoms with van der Waals surface area (Å²) in [7, 11) is 0. The van der Waals surface area contributed by atoms with E-state index in [0.717, 1.165) is 10.0 Å². The maximum atomic E-state index is 12.2. The van der Waals surface area contributed by atoms with Crippen LogP contribution in [0.4, 0.5) is 11.5 Å². The van der Waals surface area contributed by atoms with Gasteiger partial charge in [-0.3, -0.25) is 9.69 Å². The van der Waals surface area contributed by atoms with Crippen LogP contribution in [0.1, 0.15) is 5.56 Å². The van der Waals surface area contributed by atoms with E-state index in [4.69, 9.17) is 10.5 Å². The highest BCUT2D eigenvalue weighted by Gasteiger charge is 2.27. The Morgan fingerprint density at radius 2 is 2.20 bits per heavy atom. The second-order valence-corrected chi connectivity index (χ2v) is 5.27. The zero-order valence-corrected chi connectivity index (χ0v) is 12.1. The number of nitrogens with zero attached hydrogens (tertiary/aromatic N) is 2. The maximum absolute atomic E-state index is 12.2. The summed E-state index contributed by atoms with van der Waals surface area (Å²) in [6.07, 6.45) is 1.66. The van der Waals surface area contributed by atoms with Gasteiger partial charge in [-0.25, -0.2) is 4.98 Å². The maximum Gasteiger partial charge on any atom is 0.270 e. The summed E-state index contributed by atoms with van der Waals surface area (Å²) in [6.45, 7) is 0.412. The third-order valence-corrected chi connectivity index (χ3v) is 3.51. The number of nitrogens with two attached hydrogens (primary N) is 1. The molecule has 0 saturated heterocycles. The molecule has 1 aromatic heterocycles. The zero-order valence-electron chi connectivity index (χ0n) is 10.5. The molecule has 0 unspecified atom stereocenters. The number of ether oxygens (including phenoxy) is 1. The molecule has 1 aliphatic rings. The van der Waals surface area contributed by atoms with Crippen LogP contribution < -0.4 is 15.4 Å². The molecule has 0 atom stereocenters. The number of amides is 1. The molecule has 1 aromatic carbocycles. The summed E-state index contributed by atoms with van der Waals surface area (Å²) >= 11 is 3.33. The van der Waals surface area contributed by atoms with Gasteiger partial charge < -0.3 is 10.5 Å². The zero-order chi connectivity index (χ0) is 14.1. The molecular formula is C14H12BrN3O2. The van der Waals surface area contributed by atoms with Gasteiger partial charge in [0.1, 0.15) is 11.6 Å². The molecule has 1 amide bonds. The molecule has 20 heavy (non-hydrogen) atoms. The third kappa shape index (κ3) is 2.28. The number of anilines is 2. The number of halogens is 1. The number of aromatic nitrogens is 1. The van der Waals surface area contributed by atoms with E-state index in [9.17, 15) is 4.79 Å². The number of carbonyl (C=O) groups excluding carboxylic acids is 1. The lowest BCUT2D eigenvalue weighted by molar-refractivity contribution is -0.120. The van der Waals surface area contributed by atoms with Crippen molar-refractivity contribution >= 4 is 33.3 Å². The van der Waals surface area contributed by atoms with Gasteiger partial charge in [-0.2, -0.15) is 0 Å². The van der Waals surface area contributed by atoms with Crippen LogP contribution in [0.3, 0.4) is 0 Å². The number of carbonyl (C=O) groups is 1. The number of hydrogen-bond donors (Lipinski definition) is 1. The lowest BCUT2D eigenvalue weighted by Gasteiger charge is -2.29. The van der Waals surface area contributed by atoms with Crippen molar-refractivity contribution in [3.05, 3.63) is 46.6 Å². The lowest BCUT2D eigenvalue weighted by atomic mass is 10.1. The first-order chi connectivity index (χ1) is 9.69. The molecule has 0 spiro atoms. The van der Waals surface area contributed by atoms with Crippen molar-refractivity contribution in [2.75, 3.05) is 11.5 Å². The van der Waals surface area contributed by atoms with Crippen molar-refractivity contribution in [2.45, 2.75) is 6.54 Å². The van der Waals surface area contributed by atoms with Gasteiger partial charge in [0, 0.05) is 17.2 Å². The summed E-state index contributed by atoms with van der Waals surface area (Å²) in [5, 5.41) is 0. The van der Waals surface area contributed by atoms with E-state index in [0.29, 0.717) is 23.8 Å². The highest BCUT2D eigenvalue weighted by atomic mass is 79.9. The molecule has 1 aliphatic heterocycles. The van der Waals surface area contributed by atoms with E-state index in [2.05, 4.69) is 20.9 Å². The summed E-state index contributed by atoms with van der Waals surface area (Å²) in [4.78, 5) is 18.0. The highest BCUT2D eigenvalue weighted by Crippen LogP contribution is 2.37. The monoisotopic (exact) mass is 333 g/mol. The van der Waals surface area contributed by atoms with Crippen LogP contribution in [0.5, 0.6) is 5.75 Å². The number of rotatable bonds is 2. The molecule has 5 nitrogen and oxygen atoms in total. The number of pyridine rings is 1. The molecule has 3 rings (SSSR count). The first-order valence-corrected chi connectivity index (χ1v) is 6.88. The predicted molar refractivity (Wildman–Crippen MR) is 78.9 cm³/mol. The molecule has 0 fully saturated rings. The van der Waals surface area contributed by atoms with Gasteiger partial charge in [-0.1, -0.05) is 6.07 Å². The number of hydrogen-bond acceptors (Lipinski definition) is 4. The molecule has 0 bridgehead atoms. The minimum absolute atomic E-state index is 0.00666. The van der Waals surface area contributed by atoms with Crippen molar-refractivity contribution in [1.82, 2.24) is 4.98 Å². The topological polar surface area (TPSA) is 68.5 Å². The third-order valence-electron chi connectivity index (χ3n) is 3.04. The normalized spacial score (nSPS) is 13.9. The molecule has 0 saturated carbocycles. The van der Waals surface area contributed by atoms with E-state index in [-0.39, 0.29) is 12.5 Å². The molecule has 102 valence electrons. The van der Waals surface area contributed by atoms with E-state index in [1.165, 1.54) is 0 Å². The average molecular weight is 334 g/mol. The van der Waals surface area contributed by atoms with Crippen LogP contribution >= 0.6 is 15.9 Å². The first-order valence-electron chi connectivity index (χ1n) is 6.09. The van der Waals surface area contributed by atoms with Crippen molar-refractivity contribution in [1.29, 1.82) is 0 Å². The van der Waals surface area contributed by atoms with Crippen LogP contribution in [0.15, 0.2) is 41.0 Å². The Morgan fingerprint density at radius 3 is 2.90 bits per heavy atom. The molecule has 2 aromatic rings. The van der Waals surface area contributed by atoms with Crippen LogP contribution in [-0.4, -0.2) is 17.5 Å². The van der Waals surface area contributed by atoms with Gasteiger partial charge in [-0.15, -0.1) is 0 Å². The molecule has 2 heterocycles. The smallest absolute Gasteiger partial charge is 0.270 e. The fourth-order valence-corrected chi connectivity index (χ4v) is 2.31. The van der Waals surface area contributed by atoms with E-state index in [1.807, 2.05) is 24.3 Å². The Bertz CT molecular complexity index is 658. The Balaban J connectivity index is 2.11. The largest absolute Gasteiger partial charge is 0.482 e. The van der Waals surface area contributed by atoms with E-state index >= 15 is 0 Å². The Labute approximate surface area is 124 Å². The van der Waals surface area contributed by atoms with Gasteiger partial charge in [0.2, 0.25) is 0 Å². The van der Waals surface area contributed by atoms with Crippen molar-refractivity contribution in [3.63, 3.8) is 0 Å². The van der Waals surface area contributed by atoms with Crippen molar-refractivity contribution in [3.8, 4) is 5.75 Å². The second-order valence-electron chi connectivity index (χ2n) is 4.36. The Kier molecular flexibility index (Phi) is 3.42. The van der Waals surface area contributed by atoms with Gasteiger partial charge in [0.05, 0.1) is 5.69 Å². The van der Waals surface area contributed by atoms with Crippen LogP contribution in [0.2, 0.25) is 0 Å². The highest BCUT2D eigenvalue weighted by molar-refractivity contribution is 9.10. The van der Waals surface area contributed by atoms with Crippen LogP contribution in [0, 0.1) is 0 Å². The molecule has 0 radical (unpaired) electrons. The van der Waals surface area contributed by atoms with Gasteiger partial charge in [0.15, 0.2) is 6.61 Å². The quantitative estimate of drug-likeness (QED) is 0.915. The summed E-state index contributed by atoms with van der Waals surface area (Å²) in [5.41, 5.74) is 7.27. The van der Waals surface area contributed by atoms with Gasteiger partial charge >= 0.3 is 0 Å². The lowest BCUT2D eigenvalue weighted by Crippen LogP contribution is -2.35. The van der Waals surface area contributed by atoms with Crippen LogP contribution in [-0.2, 0) is 11.3 Å².